The Labute approximate surface area is 245 Å². The predicted octanol–water partition coefficient (Wildman–Crippen LogP) is 4.31. The second-order valence-corrected chi connectivity index (χ2v) is 11.7. The summed E-state index contributed by atoms with van der Waals surface area (Å²) in [4.78, 5) is 25.1. The van der Waals surface area contributed by atoms with E-state index < -0.39 is 5.97 Å². The van der Waals surface area contributed by atoms with Crippen molar-refractivity contribution in [1.29, 1.82) is 0 Å². The minimum atomic E-state index is -0.681. The van der Waals surface area contributed by atoms with Gasteiger partial charge < -0.3 is 25.2 Å². The van der Waals surface area contributed by atoms with Crippen molar-refractivity contribution in [2.75, 3.05) is 56.6 Å². The molecule has 1 saturated heterocycles. The number of carbonyl (C=O) groups is 1. The van der Waals surface area contributed by atoms with E-state index in [2.05, 4.69) is 26.9 Å². The van der Waals surface area contributed by atoms with Gasteiger partial charge >= 0.3 is 5.97 Å². The molecule has 0 spiro atoms. The van der Waals surface area contributed by atoms with Crippen LogP contribution in [-0.4, -0.2) is 71.9 Å². The van der Waals surface area contributed by atoms with E-state index in [4.69, 9.17) is 36.9 Å². The molecule has 0 unspecified atom stereocenters. The van der Waals surface area contributed by atoms with Crippen LogP contribution in [0.1, 0.15) is 29.5 Å². The number of fused-ring (bicyclic) bond motifs is 3. The number of aliphatic carboxylic acids is 1. The Morgan fingerprint density at radius 1 is 1.05 bits per heavy atom. The van der Waals surface area contributed by atoms with Crippen LogP contribution >= 0.6 is 11.6 Å². The number of hydrogen-bond donors (Lipinski definition) is 2. The van der Waals surface area contributed by atoms with Gasteiger partial charge in [-0.25, -0.2) is 4.98 Å². The Hall–Kier alpha value is -3.40. The number of aryl methyl sites for hydroxylation is 1. The first kappa shape index (κ1) is 27.8. The molecule has 0 atom stereocenters. The van der Waals surface area contributed by atoms with Gasteiger partial charge in [-0.2, -0.15) is 4.98 Å². The van der Waals surface area contributed by atoms with Crippen molar-refractivity contribution in [3.8, 4) is 17.0 Å². The number of nitrogens with two attached hydrogens (primary N) is 1. The Balaban J connectivity index is 1.04. The molecular formula is C31H36ClN5O4. The molecule has 1 saturated carbocycles. The molecule has 1 aromatic heterocycles. The number of halogens is 1. The van der Waals surface area contributed by atoms with Crippen molar-refractivity contribution >= 4 is 29.3 Å². The van der Waals surface area contributed by atoms with Crippen LogP contribution in [0.15, 0.2) is 42.5 Å². The molecule has 3 aromatic rings. The highest BCUT2D eigenvalue weighted by molar-refractivity contribution is 6.30. The third kappa shape index (κ3) is 6.42. The number of hydrogen-bond acceptors (Lipinski definition) is 8. The molecular weight excluding hydrogens is 542 g/mol. The van der Waals surface area contributed by atoms with E-state index in [-0.39, 0.29) is 5.92 Å². The van der Waals surface area contributed by atoms with Crippen molar-refractivity contribution < 1.29 is 19.4 Å². The molecule has 10 heteroatoms. The molecule has 0 bridgehead atoms. The monoisotopic (exact) mass is 577 g/mol. The lowest BCUT2D eigenvalue weighted by Crippen LogP contribution is -2.48. The molecule has 41 heavy (non-hydrogen) atoms. The fraction of sp³-hybridized carbons (Fsp3) is 0.452. The lowest BCUT2D eigenvalue weighted by atomic mass is 9.75. The summed E-state index contributed by atoms with van der Waals surface area (Å²) in [6.07, 6.45) is 3.23. The summed E-state index contributed by atoms with van der Waals surface area (Å²) in [6.45, 7) is 6.29. The molecule has 2 fully saturated rings. The molecule has 3 aliphatic rings. The number of anilines is 2. The minimum Gasteiger partial charge on any atom is -0.489 e. The van der Waals surface area contributed by atoms with Gasteiger partial charge in [0, 0.05) is 55.5 Å². The molecule has 2 aliphatic carbocycles. The summed E-state index contributed by atoms with van der Waals surface area (Å²) in [6, 6.07) is 13.9. The number of aromatic nitrogens is 2. The fourth-order valence-corrected chi connectivity index (χ4v) is 6.13. The van der Waals surface area contributed by atoms with Gasteiger partial charge in [0.2, 0.25) is 5.95 Å². The van der Waals surface area contributed by atoms with Gasteiger partial charge in [-0.3, -0.25) is 9.69 Å². The second kappa shape index (κ2) is 12.2. The van der Waals surface area contributed by atoms with Crippen molar-refractivity contribution in [3.05, 3.63) is 64.2 Å². The van der Waals surface area contributed by atoms with Crippen molar-refractivity contribution in [2.24, 2.45) is 11.8 Å². The first-order valence-corrected chi connectivity index (χ1v) is 14.8. The molecule has 0 amide bonds. The Bertz CT molecular complexity index is 1390. The summed E-state index contributed by atoms with van der Waals surface area (Å²) in [5.74, 6) is 1.62. The summed E-state index contributed by atoms with van der Waals surface area (Å²) in [5.41, 5.74) is 11.7. The van der Waals surface area contributed by atoms with Crippen LogP contribution in [0, 0.1) is 11.8 Å². The van der Waals surface area contributed by atoms with Gasteiger partial charge in [-0.05, 0) is 73.1 Å². The van der Waals surface area contributed by atoms with Gasteiger partial charge in [-0.1, -0.05) is 23.7 Å². The average Bonchev–Trinajstić information content (AvgIpc) is 2.95. The van der Waals surface area contributed by atoms with Gasteiger partial charge in [0.25, 0.3) is 0 Å². The summed E-state index contributed by atoms with van der Waals surface area (Å²) in [7, 11) is 0. The van der Waals surface area contributed by atoms with Crippen LogP contribution in [0.4, 0.5) is 11.8 Å². The SMILES string of the molecule is Nc1nc2c(c(N3CCN(CCOCC4CC(C(=O)O)C4)CC3)n1)CCc1cc(OCc3ccc(Cl)cc3)ccc1-2. The lowest BCUT2D eigenvalue weighted by Gasteiger charge is -2.37. The quantitative estimate of drug-likeness (QED) is 0.340. The lowest BCUT2D eigenvalue weighted by molar-refractivity contribution is -0.147. The van der Waals surface area contributed by atoms with Crippen LogP contribution in [0.2, 0.25) is 5.02 Å². The first-order chi connectivity index (χ1) is 19.9. The van der Waals surface area contributed by atoms with Gasteiger partial charge in [0.1, 0.15) is 18.2 Å². The molecule has 0 radical (unpaired) electrons. The van der Waals surface area contributed by atoms with E-state index in [1.165, 1.54) is 11.1 Å². The number of carboxylic acid groups (broad SMARTS) is 1. The second-order valence-electron chi connectivity index (χ2n) is 11.2. The molecule has 3 N–H and O–H groups in total. The van der Waals surface area contributed by atoms with E-state index in [9.17, 15) is 4.79 Å². The van der Waals surface area contributed by atoms with Crippen LogP contribution in [0.25, 0.3) is 11.3 Å². The Kier molecular flexibility index (Phi) is 8.27. The number of benzene rings is 2. The summed E-state index contributed by atoms with van der Waals surface area (Å²) in [5, 5.41) is 9.73. The first-order valence-electron chi connectivity index (χ1n) is 14.4. The van der Waals surface area contributed by atoms with E-state index in [0.717, 1.165) is 86.8 Å². The van der Waals surface area contributed by atoms with Crippen LogP contribution in [0.5, 0.6) is 5.75 Å². The van der Waals surface area contributed by atoms with Crippen LogP contribution in [0.3, 0.4) is 0 Å². The number of carboxylic acids is 1. The third-order valence-corrected chi connectivity index (χ3v) is 8.71. The standard InChI is InChI=1S/C31H36ClN5O4/c32-24-4-1-20(2-5-24)19-41-25-6-8-26-22(17-25)3-7-27-28(26)34-31(33)35-29(27)37-11-9-36(10-12-37)13-14-40-18-21-15-23(16-21)30(38)39/h1-2,4-6,8,17,21,23H,3,7,9-16,18-19H2,(H,38,39)(H2,33,34,35). The third-order valence-electron chi connectivity index (χ3n) is 8.46. The largest absolute Gasteiger partial charge is 0.489 e. The van der Waals surface area contributed by atoms with E-state index in [0.29, 0.717) is 36.7 Å². The minimum absolute atomic E-state index is 0.177. The zero-order valence-electron chi connectivity index (χ0n) is 23.1. The molecule has 2 aromatic carbocycles. The van der Waals surface area contributed by atoms with Crippen LogP contribution < -0.4 is 15.4 Å². The maximum Gasteiger partial charge on any atom is 0.306 e. The highest BCUT2D eigenvalue weighted by atomic mass is 35.5. The molecule has 9 nitrogen and oxygen atoms in total. The average molecular weight is 578 g/mol. The van der Waals surface area contributed by atoms with E-state index in [1.54, 1.807) is 0 Å². The van der Waals surface area contributed by atoms with Gasteiger partial charge in [-0.15, -0.1) is 0 Å². The molecule has 216 valence electrons. The zero-order chi connectivity index (χ0) is 28.3. The zero-order valence-corrected chi connectivity index (χ0v) is 23.9. The predicted molar refractivity (Wildman–Crippen MR) is 158 cm³/mol. The maximum atomic E-state index is 11.0. The smallest absolute Gasteiger partial charge is 0.306 e. The Morgan fingerprint density at radius 2 is 1.83 bits per heavy atom. The van der Waals surface area contributed by atoms with Crippen molar-refractivity contribution in [3.63, 3.8) is 0 Å². The fourth-order valence-electron chi connectivity index (χ4n) is 6.01. The normalized spacial score (nSPS) is 20.2. The summed E-state index contributed by atoms with van der Waals surface area (Å²) >= 11 is 5.99. The van der Waals surface area contributed by atoms with Gasteiger partial charge in [0.15, 0.2) is 0 Å². The summed E-state index contributed by atoms with van der Waals surface area (Å²) < 4.78 is 11.9. The topological polar surface area (TPSA) is 114 Å². The number of nitrogens with zero attached hydrogens (tertiary/aromatic N) is 4. The number of ether oxygens (including phenoxy) is 2. The number of nitrogen functional groups attached to an aromatic ring is 1. The van der Waals surface area contributed by atoms with Crippen LogP contribution in [-0.2, 0) is 29.0 Å². The van der Waals surface area contributed by atoms with Crippen molar-refractivity contribution in [2.45, 2.75) is 32.3 Å². The number of piperazine rings is 1. The van der Waals surface area contributed by atoms with Gasteiger partial charge in [0.05, 0.1) is 18.2 Å². The highest BCUT2D eigenvalue weighted by Crippen LogP contribution is 2.39. The molecule has 1 aliphatic heterocycles. The Morgan fingerprint density at radius 3 is 2.59 bits per heavy atom. The number of rotatable bonds is 10. The molecule has 6 rings (SSSR count). The highest BCUT2D eigenvalue weighted by Gasteiger charge is 2.34. The molecule has 2 heterocycles. The van der Waals surface area contributed by atoms with E-state index >= 15 is 0 Å². The van der Waals surface area contributed by atoms with Crippen molar-refractivity contribution in [1.82, 2.24) is 14.9 Å². The van der Waals surface area contributed by atoms with E-state index in [1.807, 2.05) is 30.3 Å². The maximum absolute atomic E-state index is 11.0.